The second-order valence-corrected chi connectivity index (χ2v) is 5.01. The third kappa shape index (κ3) is 2.45. The summed E-state index contributed by atoms with van der Waals surface area (Å²) in [6.07, 6.45) is 1.67. The molecule has 2 aromatic heterocycles. The fraction of sp³-hybridized carbons (Fsp3) is 0.133. The molecule has 2 heterocycles. The Kier molecular flexibility index (Phi) is 3.44. The molecule has 3 aromatic rings. The molecule has 0 aliphatic carbocycles. The average molecular weight is 270 g/mol. The largest absolute Gasteiger partial charge is 0.484 e. The molecule has 3 nitrogen and oxygen atoms in total. The third-order valence-electron chi connectivity index (χ3n) is 3.00. The number of benzene rings is 1. The number of pyridine rings is 1. The van der Waals surface area contributed by atoms with Crippen molar-refractivity contribution in [3.63, 3.8) is 0 Å². The number of fused-ring (bicyclic) bond motifs is 1. The summed E-state index contributed by atoms with van der Waals surface area (Å²) < 4.78 is 6.06. The molecule has 4 heteroatoms. The van der Waals surface area contributed by atoms with E-state index in [0.29, 0.717) is 6.54 Å². The van der Waals surface area contributed by atoms with Crippen LogP contribution in [0.1, 0.15) is 11.7 Å². The third-order valence-corrected chi connectivity index (χ3v) is 3.71. The minimum atomic E-state index is -0.114. The number of nitrogens with zero attached hydrogens (tertiary/aromatic N) is 1. The fourth-order valence-electron chi connectivity index (χ4n) is 2.04. The quantitative estimate of drug-likeness (QED) is 0.790. The van der Waals surface area contributed by atoms with E-state index in [2.05, 4.69) is 10.4 Å². The number of nitrogens with two attached hydrogens (primary N) is 1. The molecule has 1 unspecified atom stereocenters. The zero-order valence-electron chi connectivity index (χ0n) is 10.3. The summed E-state index contributed by atoms with van der Waals surface area (Å²) in [6.45, 7) is 0.452. The molecule has 0 spiro atoms. The van der Waals surface area contributed by atoms with Crippen LogP contribution in [0.4, 0.5) is 0 Å². The van der Waals surface area contributed by atoms with E-state index in [0.717, 1.165) is 22.2 Å². The molecule has 2 N–H and O–H groups in total. The molecule has 0 saturated carbocycles. The van der Waals surface area contributed by atoms with Gasteiger partial charge in [0.1, 0.15) is 11.9 Å². The van der Waals surface area contributed by atoms with Crippen molar-refractivity contribution < 1.29 is 4.74 Å². The lowest BCUT2D eigenvalue weighted by molar-refractivity contribution is 0.217. The smallest absolute Gasteiger partial charge is 0.137 e. The zero-order chi connectivity index (χ0) is 13.1. The Balaban J connectivity index is 1.96. The van der Waals surface area contributed by atoms with E-state index in [-0.39, 0.29) is 6.10 Å². The van der Waals surface area contributed by atoms with Crippen molar-refractivity contribution in [3.05, 3.63) is 58.9 Å². The van der Waals surface area contributed by atoms with E-state index in [1.165, 1.54) is 0 Å². The van der Waals surface area contributed by atoms with Crippen LogP contribution in [0.25, 0.3) is 10.9 Å². The van der Waals surface area contributed by atoms with Gasteiger partial charge in [-0.3, -0.25) is 4.98 Å². The van der Waals surface area contributed by atoms with Crippen molar-refractivity contribution in [1.29, 1.82) is 0 Å². The lowest BCUT2D eigenvalue weighted by atomic mass is 10.1. The predicted molar refractivity (Wildman–Crippen MR) is 78.5 cm³/mol. The van der Waals surface area contributed by atoms with Crippen molar-refractivity contribution in [2.75, 3.05) is 6.54 Å². The molecule has 0 bridgehead atoms. The maximum atomic E-state index is 6.06. The molecule has 0 aliphatic heterocycles. The predicted octanol–water partition coefficient (Wildman–Crippen LogP) is 3.38. The minimum absolute atomic E-state index is 0.114. The molecule has 0 aliphatic rings. The fourth-order valence-corrected chi connectivity index (χ4v) is 2.74. The number of aromatic nitrogens is 1. The van der Waals surface area contributed by atoms with Gasteiger partial charge in [0.05, 0.1) is 5.52 Å². The number of ether oxygens (including phenoxy) is 1. The van der Waals surface area contributed by atoms with Crippen LogP contribution in [0.3, 0.4) is 0 Å². The summed E-state index contributed by atoms with van der Waals surface area (Å²) in [6, 6.07) is 11.9. The monoisotopic (exact) mass is 270 g/mol. The minimum Gasteiger partial charge on any atom is -0.484 e. The maximum absolute atomic E-state index is 6.06. The lowest BCUT2D eigenvalue weighted by Crippen LogP contribution is -2.17. The molecule has 96 valence electrons. The summed E-state index contributed by atoms with van der Waals surface area (Å²) >= 11 is 1.65. The van der Waals surface area contributed by atoms with Crippen molar-refractivity contribution >= 4 is 22.2 Å². The van der Waals surface area contributed by atoms with Gasteiger partial charge in [0.2, 0.25) is 0 Å². The molecule has 3 rings (SSSR count). The van der Waals surface area contributed by atoms with Crippen LogP contribution in [-0.2, 0) is 0 Å². The number of thiophene rings is 1. The first-order valence-corrected chi connectivity index (χ1v) is 7.05. The Morgan fingerprint density at radius 1 is 1.21 bits per heavy atom. The molecule has 1 aromatic carbocycles. The Morgan fingerprint density at radius 2 is 2.16 bits per heavy atom. The maximum Gasteiger partial charge on any atom is 0.137 e. The summed E-state index contributed by atoms with van der Waals surface area (Å²) in [5.74, 6) is 0.826. The second kappa shape index (κ2) is 5.38. The molecule has 0 saturated heterocycles. The van der Waals surface area contributed by atoms with Crippen LogP contribution in [0, 0.1) is 0 Å². The standard InChI is InChI=1S/C15H14N2OS/c16-9-15(11-6-8-19-10-11)18-14-5-1-4-13-12(14)3-2-7-17-13/h1-8,10,15H,9,16H2. The molecule has 1 atom stereocenters. The van der Waals surface area contributed by atoms with Crippen LogP contribution in [-0.4, -0.2) is 11.5 Å². The van der Waals surface area contributed by atoms with E-state index in [1.807, 2.05) is 41.8 Å². The Hall–Kier alpha value is -1.91. The summed E-state index contributed by atoms with van der Waals surface area (Å²) in [5, 5.41) is 5.12. The van der Waals surface area contributed by atoms with Gasteiger partial charge in [0, 0.05) is 23.7 Å². The molecule has 0 radical (unpaired) electrons. The van der Waals surface area contributed by atoms with E-state index in [4.69, 9.17) is 10.5 Å². The highest BCUT2D eigenvalue weighted by Crippen LogP contribution is 2.29. The van der Waals surface area contributed by atoms with E-state index >= 15 is 0 Å². The van der Waals surface area contributed by atoms with Gasteiger partial charge in [-0.2, -0.15) is 11.3 Å². The van der Waals surface area contributed by atoms with E-state index in [9.17, 15) is 0 Å². The first-order valence-electron chi connectivity index (χ1n) is 6.11. The van der Waals surface area contributed by atoms with Gasteiger partial charge in [0.15, 0.2) is 0 Å². The highest BCUT2D eigenvalue weighted by molar-refractivity contribution is 7.07. The van der Waals surface area contributed by atoms with E-state index in [1.54, 1.807) is 17.5 Å². The van der Waals surface area contributed by atoms with Crippen LogP contribution < -0.4 is 10.5 Å². The van der Waals surface area contributed by atoms with Gasteiger partial charge in [-0.25, -0.2) is 0 Å². The van der Waals surface area contributed by atoms with Crippen molar-refractivity contribution in [3.8, 4) is 5.75 Å². The van der Waals surface area contributed by atoms with Gasteiger partial charge in [-0.1, -0.05) is 6.07 Å². The zero-order valence-corrected chi connectivity index (χ0v) is 11.1. The average Bonchev–Trinajstić information content (AvgIpc) is 2.99. The Morgan fingerprint density at radius 3 is 2.95 bits per heavy atom. The molecule has 0 amide bonds. The van der Waals surface area contributed by atoms with Crippen LogP contribution in [0.5, 0.6) is 5.75 Å². The van der Waals surface area contributed by atoms with Crippen molar-refractivity contribution in [2.45, 2.75) is 6.10 Å². The van der Waals surface area contributed by atoms with Crippen molar-refractivity contribution in [1.82, 2.24) is 4.98 Å². The molecular formula is C15H14N2OS. The van der Waals surface area contributed by atoms with Crippen LogP contribution in [0.2, 0.25) is 0 Å². The SMILES string of the molecule is NCC(Oc1cccc2ncccc12)c1ccsc1. The first kappa shape index (κ1) is 12.1. The lowest BCUT2D eigenvalue weighted by Gasteiger charge is -2.17. The Bertz CT molecular complexity index is 661. The van der Waals surface area contributed by atoms with Crippen LogP contribution >= 0.6 is 11.3 Å². The number of hydrogen-bond donors (Lipinski definition) is 1. The normalized spacial score (nSPS) is 12.5. The van der Waals surface area contributed by atoms with Crippen LogP contribution in [0.15, 0.2) is 53.4 Å². The highest BCUT2D eigenvalue weighted by Gasteiger charge is 2.13. The summed E-state index contributed by atoms with van der Waals surface area (Å²) in [5.41, 5.74) is 7.87. The van der Waals surface area contributed by atoms with Gasteiger partial charge < -0.3 is 10.5 Å². The molecule has 19 heavy (non-hydrogen) atoms. The summed E-state index contributed by atoms with van der Waals surface area (Å²) in [4.78, 5) is 4.33. The summed E-state index contributed by atoms with van der Waals surface area (Å²) in [7, 11) is 0. The first-order chi connectivity index (χ1) is 9.38. The van der Waals surface area contributed by atoms with Gasteiger partial charge in [-0.15, -0.1) is 0 Å². The molecule has 0 fully saturated rings. The van der Waals surface area contributed by atoms with E-state index < -0.39 is 0 Å². The topological polar surface area (TPSA) is 48.1 Å². The van der Waals surface area contributed by atoms with Gasteiger partial charge in [-0.05, 0) is 41.1 Å². The highest BCUT2D eigenvalue weighted by atomic mass is 32.1. The second-order valence-electron chi connectivity index (χ2n) is 4.23. The number of hydrogen-bond acceptors (Lipinski definition) is 4. The van der Waals surface area contributed by atoms with Gasteiger partial charge in [0.25, 0.3) is 0 Å². The Labute approximate surface area is 115 Å². The van der Waals surface area contributed by atoms with Gasteiger partial charge >= 0.3 is 0 Å². The van der Waals surface area contributed by atoms with Crippen molar-refractivity contribution in [2.24, 2.45) is 5.73 Å². The molecular weight excluding hydrogens is 256 g/mol. The number of rotatable bonds is 4.